The van der Waals surface area contributed by atoms with Gasteiger partial charge in [0.1, 0.15) is 0 Å². The summed E-state index contributed by atoms with van der Waals surface area (Å²) in [5.41, 5.74) is 0. The fourth-order valence-electron chi connectivity index (χ4n) is 3.51. The summed E-state index contributed by atoms with van der Waals surface area (Å²) in [7, 11) is -2.86. The van der Waals surface area contributed by atoms with E-state index in [1.54, 1.807) is 11.3 Å². The maximum atomic E-state index is 11.7. The molecular formula is C18H29N3O3S2. The molecule has 3 heterocycles. The Balaban J connectivity index is 1.64. The van der Waals surface area contributed by atoms with E-state index in [2.05, 4.69) is 35.9 Å². The molecule has 0 saturated carbocycles. The molecule has 1 aromatic heterocycles. The van der Waals surface area contributed by atoms with Crippen LogP contribution >= 0.6 is 11.3 Å². The molecule has 4 unspecified atom stereocenters. The fourth-order valence-corrected chi connectivity index (χ4v) is 6.09. The minimum absolute atomic E-state index is 0.129. The van der Waals surface area contributed by atoms with Gasteiger partial charge in [-0.15, -0.1) is 11.3 Å². The van der Waals surface area contributed by atoms with E-state index in [0.29, 0.717) is 24.8 Å². The summed E-state index contributed by atoms with van der Waals surface area (Å²) in [4.78, 5) is 5.99. The molecule has 0 bridgehead atoms. The molecule has 1 aromatic rings. The van der Waals surface area contributed by atoms with Crippen molar-refractivity contribution in [1.82, 2.24) is 10.6 Å². The molecule has 2 fully saturated rings. The minimum atomic E-state index is -2.86. The van der Waals surface area contributed by atoms with Crippen LogP contribution in [0.3, 0.4) is 0 Å². The highest BCUT2D eigenvalue weighted by Crippen LogP contribution is 2.20. The zero-order valence-corrected chi connectivity index (χ0v) is 17.1. The summed E-state index contributed by atoms with van der Waals surface area (Å²) in [6, 6.07) is 4.64. The second kappa shape index (κ2) is 8.71. The Morgan fingerprint density at radius 3 is 2.96 bits per heavy atom. The van der Waals surface area contributed by atoms with Gasteiger partial charge in [0.25, 0.3) is 0 Å². The third kappa shape index (κ3) is 5.69. The number of nitrogens with zero attached hydrogens (tertiary/aromatic N) is 1. The third-order valence-electron chi connectivity index (χ3n) is 4.98. The normalized spacial score (nSPS) is 30.1. The Hall–Kier alpha value is -1.12. The zero-order valence-electron chi connectivity index (χ0n) is 15.5. The van der Waals surface area contributed by atoms with Gasteiger partial charge in [-0.25, -0.2) is 8.42 Å². The molecule has 0 spiro atoms. The lowest BCUT2D eigenvalue weighted by molar-refractivity contribution is 0.0165. The fraction of sp³-hybridized carbons (Fsp3) is 0.722. The average molecular weight is 400 g/mol. The number of sulfone groups is 1. The molecule has 2 aliphatic heterocycles. The summed E-state index contributed by atoms with van der Waals surface area (Å²) in [6.07, 6.45) is 2.87. The van der Waals surface area contributed by atoms with Gasteiger partial charge in [0.2, 0.25) is 0 Å². The van der Waals surface area contributed by atoms with Crippen molar-refractivity contribution in [3.05, 3.63) is 22.4 Å². The molecule has 2 saturated heterocycles. The van der Waals surface area contributed by atoms with E-state index in [4.69, 9.17) is 9.73 Å². The van der Waals surface area contributed by atoms with Crippen molar-refractivity contribution in [3.63, 3.8) is 0 Å². The number of hydrogen-bond donors (Lipinski definition) is 2. The van der Waals surface area contributed by atoms with Crippen LogP contribution in [0.25, 0.3) is 0 Å². The van der Waals surface area contributed by atoms with Crippen LogP contribution in [0.15, 0.2) is 22.5 Å². The van der Waals surface area contributed by atoms with Gasteiger partial charge in [0, 0.05) is 24.1 Å². The lowest BCUT2D eigenvalue weighted by Crippen LogP contribution is -2.47. The van der Waals surface area contributed by atoms with Gasteiger partial charge < -0.3 is 15.4 Å². The Morgan fingerprint density at radius 2 is 2.31 bits per heavy atom. The zero-order chi connectivity index (χ0) is 18.6. The first-order valence-corrected chi connectivity index (χ1v) is 12.0. The number of thiophene rings is 1. The number of hydrogen-bond acceptors (Lipinski definition) is 5. The van der Waals surface area contributed by atoms with Gasteiger partial charge >= 0.3 is 0 Å². The highest BCUT2D eigenvalue weighted by molar-refractivity contribution is 7.91. The van der Waals surface area contributed by atoms with Gasteiger partial charge in [-0.1, -0.05) is 6.07 Å². The van der Waals surface area contributed by atoms with Gasteiger partial charge in [0.05, 0.1) is 23.7 Å². The van der Waals surface area contributed by atoms with Gasteiger partial charge in [-0.05, 0) is 50.5 Å². The van der Waals surface area contributed by atoms with Crippen molar-refractivity contribution in [2.75, 3.05) is 24.7 Å². The Kier molecular flexibility index (Phi) is 6.58. The average Bonchev–Trinajstić information content (AvgIpc) is 3.22. The summed E-state index contributed by atoms with van der Waals surface area (Å²) in [5, 5.41) is 9.09. The van der Waals surface area contributed by atoms with E-state index >= 15 is 0 Å². The van der Waals surface area contributed by atoms with Crippen LogP contribution in [0.5, 0.6) is 0 Å². The molecule has 0 aromatic carbocycles. The van der Waals surface area contributed by atoms with Crippen LogP contribution in [0.1, 0.15) is 44.0 Å². The molecule has 4 atom stereocenters. The van der Waals surface area contributed by atoms with Crippen LogP contribution in [-0.4, -0.2) is 51.2 Å². The molecule has 2 aliphatic rings. The van der Waals surface area contributed by atoms with Crippen LogP contribution in [0.4, 0.5) is 0 Å². The Morgan fingerprint density at radius 1 is 1.46 bits per heavy atom. The number of guanidine groups is 1. The molecular weight excluding hydrogens is 370 g/mol. The first kappa shape index (κ1) is 19.6. The quantitative estimate of drug-likeness (QED) is 0.587. The maximum absolute atomic E-state index is 11.7. The summed E-state index contributed by atoms with van der Waals surface area (Å²) in [6.45, 7) is 5.52. The molecule has 0 radical (unpaired) electrons. The topological polar surface area (TPSA) is 79.8 Å². The van der Waals surface area contributed by atoms with Crippen molar-refractivity contribution in [1.29, 1.82) is 0 Å². The SMILES string of the molecule is CC1CC(NC(=NCC2CCS(=O)(=O)C2)NC(C)c2cccs2)CCO1. The van der Waals surface area contributed by atoms with Crippen molar-refractivity contribution in [3.8, 4) is 0 Å². The Labute approximate surface area is 160 Å². The predicted molar refractivity (Wildman–Crippen MR) is 107 cm³/mol. The molecule has 2 N–H and O–H groups in total. The summed E-state index contributed by atoms with van der Waals surface area (Å²) >= 11 is 1.72. The van der Waals surface area contributed by atoms with Crippen LogP contribution < -0.4 is 10.6 Å². The molecule has 26 heavy (non-hydrogen) atoms. The number of ether oxygens (including phenoxy) is 1. The van der Waals surface area contributed by atoms with Gasteiger partial charge in [-0.3, -0.25) is 4.99 Å². The van der Waals surface area contributed by atoms with E-state index in [1.807, 2.05) is 6.07 Å². The standard InChI is InChI=1S/C18H29N3O3S2/c1-13-10-16(5-7-24-13)21-18(20-14(2)17-4-3-8-25-17)19-11-15-6-9-26(22,23)12-15/h3-4,8,13-16H,5-7,9-12H2,1-2H3,(H2,19,20,21). The van der Waals surface area contributed by atoms with Gasteiger partial charge in [0.15, 0.2) is 15.8 Å². The second-order valence-electron chi connectivity index (χ2n) is 7.39. The molecule has 8 heteroatoms. The van der Waals surface area contributed by atoms with E-state index in [9.17, 15) is 8.42 Å². The van der Waals surface area contributed by atoms with Crippen molar-refractivity contribution in [2.24, 2.45) is 10.9 Å². The number of aliphatic imine (C=N–C) groups is 1. The van der Waals surface area contributed by atoms with Gasteiger partial charge in [-0.2, -0.15) is 0 Å². The number of nitrogens with one attached hydrogen (secondary N) is 2. The monoisotopic (exact) mass is 399 g/mol. The van der Waals surface area contributed by atoms with Crippen molar-refractivity contribution < 1.29 is 13.2 Å². The second-order valence-corrected chi connectivity index (χ2v) is 10.6. The number of rotatable bonds is 5. The molecule has 0 amide bonds. The van der Waals surface area contributed by atoms with Crippen molar-refractivity contribution >= 4 is 27.1 Å². The predicted octanol–water partition coefficient (Wildman–Crippen LogP) is 2.35. The summed E-state index contributed by atoms with van der Waals surface area (Å²) < 4.78 is 29.0. The Bertz CT molecular complexity index is 703. The third-order valence-corrected chi connectivity index (χ3v) is 7.88. The van der Waals surface area contributed by atoms with E-state index in [-0.39, 0.29) is 23.8 Å². The molecule has 146 valence electrons. The van der Waals surface area contributed by atoms with E-state index in [0.717, 1.165) is 25.4 Å². The van der Waals surface area contributed by atoms with E-state index < -0.39 is 9.84 Å². The molecule has 3 rings (SSSR count). The largest absolute Gasteiger partial charge is 0.378 e. The lowest BCUT2D eigenvalue weighted by Gasteiger charge is -2.30. The minimum Gasteiger partial charge on any atom is -0.378 e. The molecule has 6 nitrogen and oxygen atoms in total. The lowest BCUT2D eigenvalue weighted by atomic mass is 10.0. The first-order chi connectivity index (χ1) is 12.4. The van der Waals surface area contributed by atoms with Crippen molar-refractivity contribution in [2.45, 2.75) is 51.3 Å². The smallest absolute Gasteiger partial charge is 0.191 e. The molecule has 0 aliphatic carbocycles. The van der Waals surface area contributed by atoms with E-state index in [1.165, 1.54) is 4.88 Å². The maximum Gasteiger partial charge on any atom is 0.191 e. The highest BCUT2D eigenvalue weighted by Gasteiger charge is 2.28. The first-order valence-electron chi connectivity index (χ1n) is 9.34. The highest BCUT2D eigenvalue weighted by atomic mass is 32.2. The van der Waals surface area contributed by atoms with Crippen LogP contribution in [0, 0.1) is 5.92 Å². The van der Waals surface area contributed by atoms with Crippen LogP contribution in [0.2, 0.25) is 0 Å². The van der Waals surface area contributed by atoms with Crippen LogP contribution in [-0.2, 0) is 14.6 Å². The summed E-state index contributed by atoms with van der Waals surface area (Å²) in [5.74, 6) is 1.46.